The quantitative estimate of drug-likeness (QED) is 0.833. The van der Waals surface area contributed by atoms with Gasteiger partial charge in [0, 0.05) is 18.0 Å². The molecule has 0 spiro atoms. The van der Waals surface area contributed by atoms with Gasteiger partial charge in [0.2, 0.25) is 5.43 Å². The van der Waals surface area contributed by atoms with Gasteiger partial charge in [-0.25, -0.2) is 0 Å². The second-order valence-corrected chi connectivity index (χ2v) is 4.12. The van der Waals surface area contributed by atoms with E-state index >= 15 is 0 Å². The van der Waals surface area contributed by atoms with Crippen molar-refractivity contribution in [1.29, 1.82) is 0 Å². The highest BCUT2D eigenvalue weighted by Crippen LogP contribution is 2.30. The van der Waals surface area contributed by atoms with Crippen molar-refractivity contribution in [3.63, 3.8) is 0 Å². The fraction of sp³-hybridized carbons (Fsp3) is 0.250. The Morgan fingerprint density at radius 2 is 1.90 bits per heavy atom. The van der Waals surface area contributed by atoms with Crippen molar-refractivity contribution < 1.29 is 13.2 Å². The Kier molecular flexibility index (Phi) is 3.73. The van der Waals surface area contributed by atoms with E-state index in [1.165, 1.54) is 12.1 Å². The lowest BCUT2D eigenvalue weighted by atomic mass is 10.1. The lowest BCUT2D eigenvalue weighted by Crippen LogP contribution is -2.27. The predicted octanol–water partition coefficient (Wildman–Crippen LogP) is 1.26. The first-order chi connectivity index (χ1) is 9.38. The minimum absolute atomic E-state index is 0.0343. The first-order valence-electron chi connectivity index (χ1n) is 5.70. The molecule has 0 saturated carbocycles. The molecule has 2 heterocycles. The number of H-pyrrole nitrogens is 2. The van der Waals surface area contributed by atoms with Crippen molar-refractivity contribution in [2.24, 2.45) is 0 Å². The lowest BCUT2D eigenvalue weighted by molar-refractivity contribution is -0.141. The molecular formula is C12H10F3N3O2. The number of aromatic nitrogens is 3. The van der Waals surface area contributed by atoms with Crippen LogP contribution in [-0.2, 0) is 19.0 Å². The van der Waals surface area contributed by atoms with E-state index in [2.05, 4.69) is 15.2 Å². The van der Waals surface area contributed by atoms with E-state index in [-0.39, 0.29) is 18.4 Å². The van der Waals surface area contributed by atoms with Gasteiger partial charge in [0.05, 0.1) is 0 Å². The maximum atomic E-state index is 12.7. The van der Waals surface area contributed by atoms with Gasteiger partial charge in [-0.3, -0.25) is 19.7 Å². The van der Waals surface area contributed by atoms with Gasteiger partial charge in [-0.15, -0.1) is 0 Å². The minimum Gasteiger partial charge on any atom is -0.302 e. The molecule has 0 unspecified atom stereocenters. The van der Waals surface area contributed by atoms with E-state index in [1.807, 2.05) is 0 Å². The monoisotopic (exact) mass is 285 g/mol. The van der Waals surface area contributed by atoms with Gasteiger partial charge in [0.15, 0.2) is 0 Å². The Morgan fingerprint density at radius 1 is 1.15 bits per heavy atom. The SMILES string of the molecule is O=c1cc(CCc2cccnc2C(F)(F)F)[nH][nH]c1=O. The Bertz CT molecular complexity index is 719. The summed E-state index contributed by atoms with van der Waals surface area (Å²) < 4.78 is 38.2. The minimum atomic E-state index is -4.52. The number of rotatable bonds is 3. The van der Waals surface area contributed by atoms with E-state index < -0.39 is 22.9 Å². The maximum absolute atomic E-state index is 12.7. The van der Waals surface area contributed by atoms with Gasteiger partial charge >= 0.3 is 11.7 Å². The average Bonchev–Trinajstić information content (AvgIpc) is 2.39. The van der Waals surface area contributed by atoms with Crippen LogP contribution in [0, 0.1) is 0 Å². The molecule has 106 valence electrons. The number of pyridine rings is 1. The van der Waals surface area contributed by atoms with Crippen LogP contribution in [0.3, 0.4) is 0 Å². The maximum Gasteiger partial charge on any atom is 0.433 e. The fourth-order valence-electron chi connectivity index (χ4n) is 1.76. The molecule has 2 rings (SSSR count). The van der Waals surface area contributed by atoms with Crippen molar-refractivity contribution in [3.8, 4) is 0 Å². The normalized spacial score (nSPS) is 11.6. The van der Waals surface area contributed by atoms with E-state index in [0.717, 1.165) is 12.3 Å². The van der Waals surface area contributed by atoms with E-state index in [4.69, 9.17) is 0 Å². The molecule has 20 heavy (non-hydrogen) atoms. The summed E-state index contributed by atoms with van der Waals surface area (Å²) in [5, 5.41) is 4.59. The molecule has 0 fully saturated rings. The molecule has 0 aromatic carbocycles. The standard InChI is InChI=1S/C12H10F3N3O2/c13-12(14,15)10-7(2-1-5-16-10)3-4-8-6-9(19)11(20)18-17-8/h1-2,5-6H,3-4H2,(H,17,19)(H,18,20). The Morgan fingerprint density at radius 3 is 2.55 bits per heavy atom. The number of nitrogens with zero attached hydrogens (tertiary/aromatic N) is 1. The molecule has 8 heteroatoms. The Labute approximate surface area is 110 Å². The summed E-state index contributed by atoms with van der Waals surface area (Å²) in [6, 6.07) is 3.82. The van der Waals surface area contributed by atoms with Crippen molar-refractivity contribution >= 4 is 0 Å². The lowest BCUT2D eigenvalue weighted by Gasteiger charge is -2.11. The summed E-state index contributed by atoms with van der Waals surface area (Å²) in [6.07, 6.45) is -3.24. The first-order valence-corrected chi connectivity index (χ1v) is 5.70. The molecule has 2 aromatic rings. The van der Waals surface area contributed by atoms with Gasteiger partial charge in [-0.1, -0.05) is 6.07 Å². The van der Waals surface area contributed by atoms with E-state index in [0.29, 0.717) is 5.69 Å². The van der Waals surface area contributed by atoms with Crippen LogP contribution in [0.1, 0.15) is 17.0 Å². The molecule has 0 radical (unpaired) electrons. The number of halogens is 3. The van der Waals surface area contributed by atoms with Gasteiger partial charge in [0.25, 0.3) is 0 Å². The Hall–Kier alpha value is -2.38. The first kappa shape index (κ1) is 14.0. The zero-order valence-electron chi connectivity index (χ0n) is 10.1. The summed E-state index contributed by atoms with van der Waals surface area (Å²) in [7, 11) is 0. The fourth-order valence-corrected chi connectivity index (χ4v) is 1.76. The van der Waals surface area contributed by atoms with Gasteiger partial charge in [0.1, 0.15) is 5.69 Å². The molecule has 0 saturated heterocycles. The average molecular weight is 285 g/mol. The van der Waals surface area contributed by atoms with E-state index in [9.17, 15) is 22.8 Å². The topological polar surface area (TPSA) is 78.6 Å². The molecule has 0 bridgehead atoms. The van der Waals surface area contributed by atoms with Crippen LogP contribution in [0.5, 0.6) is 0 Å². The number of aryl methyl sites for hydroxylation is 2. The van der Waals surface area contributed by atoms with Crippen LogP contribution in [0.25, 0.3) is 0 Å². The van der Waals surface area contributed by atoms with Crippen LogP contribution in [0.2, 0.25) is 0 Å². The van der Waals surface area contributed by atoms with Crippen LogP contribution >= 0.6 is 0 Å². The highest BCUT2D eigenvalue weighted by molar-refractivity contribution is 5.23. The van der Waals surface area contributed by atoms with Gasteiger partial charge in [-0.05, 0) is 24.5 Å². The number of aromatic amines is 2. The highest BCUT2D eigenvalue weighted by atomic mass is 19.4. The summed E-state index contributed by atoms with van der Waals surface area (Å²) in [5.41, 5.74) is -2.09. The summed E-state index contributed by atoms with van der Waals surface area (Å²) in [4.78, 5) is 25.3. The zero-order chi connectivity index (χ0) is 14.8. The summed E-state index contributed by atoms with van der Waals surface area (Å²) in [5.74, 6) is 0. The van der Waals surface area contributed by atoms with Crippen LogP contribution in [-0.4, -0.2) is 15.2 Å². The van der Waals surface area contributed by atoms with E-state index in [1.54, 1.807) is 0 Å². The number of alkyl halides is 3. The number of hydrogen-bond acceptors (Lipinski definition) is 3. The van der Waals surface area contributed by atoms with Crippen LogP contribution in [0.4, 0.5) is 13.2 Å². The van der Waals surface area contributed by atoms with Crippen molar-refractivity contribution in [3.05, 3.63) is 61.9 Å². The van der Waals surface area contributed by atoms with Crippen molar-refractivity contribution in [2.75, 3.05) is 0 Å². The summed E-state index contributed by atoms with van der Waals surface area (Å²) in [6.45, 7) is 0. The molecule has 0 aliphatic heterocycles. The van der Waals surface area contributed by atoms with Gasteiger partial charge < -0.3 is 5.10 Å². The predicted molar refractivity (Wildman–Crippen MR) is 64.3 cm³/mol. The Balaban J connectivity index is 2.21. The van der Waals surface area contributed by atoms with Crippen LogP contribution < -0.4 is 11.0 Å². The molecule has 0 aliphatic rings. The molecule has 0 amide bonds. The number of hydrogen-bond donors (Lipinski definition) is 2. The summed E-state index contributed by atoms with van der Waals surface area (Å²) >= 11 is 0. The molecule has 5 nitrogen and oxygen atoms in total. The number of nitrogens with one attached hydrogen (secondary N) is 2. The third-order valence-corrected chi connectivity index (χ3v) is 2.69. The third-order valence-electron chi connectivity index (χ3n) is 2.69. The molecule has 0 aliphatic carbocycles. The van der Waals surface area contributed by atoms with Crippen LogP contribution in [0.15, 0.2) is 34.0 Å². The van der Waals surface area contributed by atoms with Gasteiger partial charge in [-0.2, -0.15) is 13.2 Å². The van der Waals surface area contributed by atoms with Crippen molar-refractivity contribution in [1.82, 2.24) is 15.2 Å². The second-order valence-electron chi connectivity index (χ2n) is 4.12. The smallest absolute Gasteiger partial charge is 0.302 e. The zero-order valence-corrected chi connectivity index (χ0v) is 10.1. The molecule has 2 N–H and O–H groups in total. The highest BCUT2D eigenvalue weighted by Gasteiger charge is 2.34. The molecule has 2 aromatic heterocycles. The largest absolute Gasteiger partial charge is 0.433 e. The third kappa shape index (κ3) is 3.14. The molecule has 0 atom stereocenters. The molecular weight excluding hydrogens is 275 g/mol. The van der Waals surface area contributed by atoms with Crippen molar-refractivity contribution in [2.45, 2.75) is 19.0 Å². The second kappa shape index (κ2) is 5.32.